The minimum Gasteiger partial charge on any atom is -0.469 e. The number of carbonyl (C=O) groups excluding carboxylic acids is 3. The number of nitrogens with one attached hydrogen (secondary N) is 2. The van der Waals surface area contributed by atoms with Gasteiger partial charge in [0.05, 0.1) is 7.11 Å². The van der Waals surface area contributed by atoms with Crippen LogP contribution in [0.4, 0.5) is 0 Å². The van der Waals surface area contributed by atoms with Gasteiger partial charge < -0.3 is 20.3 Å². The van der Waals surface area contributed by atoms with Crippen molar-refractivity contribution < 1.29 is 19.1 Å². The minimum absolute atomic E-state index is 0.0320. The van der Waals surface area contributed by atoms with Crippen LogP contribution in [-0.2, 0) is 19.1 Å². The Morgan fingerprint density at radius 1 is 0.857 bits per heavy atom. The number of ketones is 1. The van der Waals surface area contributed by atoms with E-state index >= 15 is 0 Å². The molecule has 0 aliphatic carbocycles. The first-order chi connectivity index (χ1) is 13.4. The summed E-state index contributed by atoms with van der Waals surface area (Å²) >= 11 is 0. The Bertz CT molecular complexity index is 441. The molecule has 0 aromatic carbocycles. The highest BCUT2D eigenvalue weighted by molar-refractivity contribution is 6.05. The van der Waals surface area contributed by atoms with Gasteiger partial charge in [0.1, 0.15) is 6.04 Å². The topological polar surface area (TPSA) is 87.7 Å². The highest BCUT2D eigenvalue weighted by atomic mass is 16.5. The van der Waals surface area contributed by atoms with Crippen molar-refractivity contribution in [3.8, 4) is 0 Å². The lowest BCUT2D eigenvalue weighted by atomic mass is 10.0. The van der Waals surface area contributed by atoms with Gasteiger partial charge in [0, 0.05) is 19.4 Å². The summed E-state index contributed by atoms with van der Waals surface area (Å²) in [6.07, 6.45) is 10.1. The lowest BCUT2D eigenvalue weighted by Crippen LogP contribution is -2.48. The molecular formula is C21H41N3O4. The average molecular weight is 400 g/mol. The van der Waals surface area contributed by atoms with E-state index in [0.717, 1.165) is 64.3 Å². The normalized spacial score (nSPS) is 12.0. The molecule has 0 fully saturated rings. The molecule has 0 heterocycles. The van der Waals surface area contributed by atoms with E-state index in [1.807, 2.05) is 14.1 Å². The van der Waals surface area contributed by atoms with Crippen molar-refractivity contribution in [2.45, 2.75) is 76.7 Å². The van der Waals surface area contributed by atoms with E-state index in [2.05, 4.69) is 20.3 Å². The summed E-state index contributed by atoms with van der Waals surface area (Å²) in [4.78, 5) is 37.5. The highest BCUT2D eigenvalue weighted by Gasteiger charge is 2.23. The van der Waals surface area contributed by atoms with Crippen molar-refractivity contribution in [2.75, 3.05) is 41.3 Å². The van der Waals surface area contributed by atoms with Gasteiger partial charge in [-0.2, -0.15) is 0 Å². The number of nitrogens with zero attached hydrogens (tertiary/aromatic N) is 1. The minimum atomic E-state index is -0.742. The van der Waals surface area contributed by atoms with E-state index in [0.29, 0.717) is 19.4 Å². The van der Waals surface area contributed by atoms with Gasteiger partial charge in [0.2, 0.25) is 5.91 Å². The van der Waals surface area contributed by atoms with Crippen LogP contribution in [0.15, 0.2) is 0 Å². The maximum absolute atomic E-state index is 12.3. The molecule has 0 saturated carbocycles. The number of unbranched alkanes of at least 4 members (excludes halogenated alkanes) is 7. The van der Waals surface area contributed by atoms with Crippen LogP contribution in [0, 0.1) is 0 Å². The van der Waals surface area contributed by atoms with Crippen molar-refractivity contribution in [1.82, 2.24) is 15.5 Å². The summed E-state index contributed by atoms with van der Waals surface area (Å²) in [5.41, 5.74) is 0. The number of amides is 1. The Hall–Kier alpha value is -1.47. The summed E-state index contributed by atoms with van der Waals surface area (Å²) in [6, 6.07) is -0.742. The fourth-order valence-electron chi connectivity index (χ4n) is 3.02. The van der Waals surface area contributed by atoms with Crippen LogP contribution in [0.25, 0.3) is 0 Å². The molecule has 0 aromatic rings. The quantitative estimate of drug-likeness (QED) is 0.209. The molecule has 0 rings (SSSR count). The zero-order valence-corrected chi connectivity index (χ0v) is 18.3. The Kier molecular flexibility index (Phi) is 16.7. The molecule has 0 aliphatic rings. The van der Waals surface area contributed by atoms with E-state index in [4.69, 9.17) is 0 Å². The number of carbonyl (C=O) groups is 3. The molecule has 1 atom stereocenters. The largest absolute Gasteiger partial charge is 0.469 e. The molecule has 2 N–H and O–H groups in total. The summed E-state index contributed by atoms with van der Waals surface area (Å²) < 4.78 is 4.62. The molecule has 7 heteroatoms. The van der Waals surface area contributed by atoms with Crippen LogP contribution in [-0.4, -0.2) is 69.9 Å². The Morgan fingerprint density at radius 2 is 1.39 bits per heavy atom. The third-order valence-corrected chi connectivity index (χ3v) is 4.74. The van der Waals surface area contributed by atoms with Crippen molar-refractivity contribution in [3.05, 3.63) is 0 Å². The maximum Gasteiger partial charge on any atom is 0.305 e. The molecule has 0 spiro atoms. The van der Waals surface area contributed by atoms with Gasteiger partial charge in [-0.3, -0.25) is 14.4 Å². The number of methoxy groups -OCH3 is 1. The predicted molar refractivity (Wildman–Crippen MR) is 112 cm³/mol. The molecule has 0 bridgehead atoms. The van der Waals surface area contributed by atoms with Gasteiger partial charge >= 0.3 is 5.97 Å². The van der Waals surface area contributed by atoms with Crippen LogP contribution < -0.4 is 10.6 Å². The maximum atomic E-state index is 12.3. The van der Waals surface area contributed by atoms with Crippen LogP contribution in [0.5, 0.6) is 0 Å². The second-order valence-electron chi connectivity index (χ2n) is 7.54. The third kappa shape index (κ3) is 14.6. The van der Waals surface area contributed by atoms with Crippen molar-refractivity contribution in [2.24, 2.45) is 0 Å². The smallest absolute Gasteiger partial charge is 0.305 e. The van der Waals surface area contributed by atoms with E-state index < -0.39 is 6.04 Å². The highest BCUT2D eigenvalue weighted by Crippen LogP contribution is 2.11. The fourth-order valence-corrected chi connectivity index (χ4v) is 3.02. The monoisotopic (exact) mass is 399 g/mol. The van der Waals surface area contributed by atoms with Crippen molar-refractivity contribution >= 4 is 17.7 Å². The second kappa shape index (κ2) is 17.6. The second-order valence-corrected chi connectivity index (χ2v) is 7.54. The molecule has 7 nitrogen and oxygen atoms in total. The van der Waals surface area contributed by atoms with Crippen molar-refractivity contribution in [1.29, 1.82) is 0 Å². The predicted octanol–water partition coefficient (Wildman–Crippen LogP) is 2.29. The third-order valence-electron chi connectivity index (χ3n) is 4.74. The van der Waals surface area contributed by atoms with Crippen LogP contribution in [0.2, 0.25) is 0 Å². The lowest BCUT2D eigenvalue weighted by molar-refractivity contribution is -0.140. The van der Waals surface area contributed by atoms with E-state index in [1.165, 1.54) is 7.11 Å². The first kappa shape index (κ1) is 26.5. The number of rotatable bonds is 18. The Morgan fingerprint density at radius 3 is 1.89 bits per heavy atom. The van der Waals surface area contributed by atoms with E-state index in [1.54, 1.807) is 7.05 Å². The van der Waals surface area contributed by atoms with Gasteiger partial charge in [-0.05, 0) is 47.0 Å². The van der Waals surface area contributed by atoms with Crippen LogP contribution >= 0.6 is 0 Å². The first-order valence-electron chi connectivity index (χ1n) is 10.6. The summed E-state index contributed by atoms with van der Waals surface area (Å²) in [7, 11) is 7.06. The first-order valence-corrected chi connectivity index (χ1v) is 10.6. The lowest BCUT2D eigenvalue weighted by Gasteiger charge is -2.16. The molecule has 0 radical (unpaired) electrons. The summed E-state index contributed by atoms with van der Waals surface area (Å²) in [5.74, 6) is -0.389. The van der Waals surface area contributed by atoms with E-state index in [-0.39, 0.29) is 17.7 Å². The Balaban J connectivity index is 3.71. The summed E-state index contributed by atoms with van der Waals surface area (Å²) in [6.45, 7) is 1.49. The molecule has 0 aliphatic heterocycles. The van der Waals surface area contributed by atoms with E-state index in [9.17, 15) is 14.4 Å². The number of hydrogen-bond acceptors (Lipinski definition) is 6. The van der Waals surface area contributed by atoms with Gasteiger partial charge in [0.25, 0.3) is 0 Å². The number of ether oxygens (including phenoxy) is 1. The van der Waals surface area contributed by atoms with Crippen LogP contribution in [0.1, 0.15) is 70.6 Å². The van der Waals surface area contributed by atoms with Gasteiger partial charge in [-0.15, -0.1) is 0 Å². The summed E-state index contributed by atoms with van der Waals surface area (Å²) in [5, 5.41) is 5.68. The average Bonchev–Trinajstić information content (AvgIpc) is 2.66. The molecule has 164 valence electrons. The van der Waals surface area contributed by atoms with Gasteiger partial charge in [0.15, 0.2) is 5.78 Å². The molecule has 0 saturated heterocycles. The number of hydrogen-bond donors (Lipinski definition) is 2. The molecule has 28 heavy (non-hydrogen) atoms. The number of esters is 1. The van der Waals surface area contributed by atoms with Crippen molar-refractivity contribution in [3.63, 3.8) is 0 Å². The van der Waals surface area contributed by atoms with Gasteiger partial charge in [-0.25, -0.2) is 0 Å². The van der Waals surface area contributed by atoms with Gasteiger partial charge in [-0.1, -0.05) is 38.5 Å². The SMILES string of the molecule is CNC(C(=O)CCCCCCCCCCC(=O)OC)C(=O)NCCCN(C)C. The fraction of sp³-hybridized carbons (Fsp3) is 0.857. The Labute approximate surface area is 170 Å². The zero-order valence-electron chi connectivity index (χ0n) is 18.3. The molecule has 0 aromatic heterocycles. The standard InChI is InChI=1S/C21H41N3O4/c1-22-20(21(27)23-16-13-17-24(2)3)18(25)14-11-9-7-5-6-8-10-12-15-19(26)28-4/h20,22H,5-17H2,1-4H3,(H,23,27). The molecular weight excluding hydrogens is 358 g/mol. The molecule has 1 amide bonds. The number of Topliss-reactive ketones (excluding diaryl/α,β-unsaturated/α-hetero) is 1. The number of likely N-dealkylation sites (N-methyl/N-ethyl adjacent to an activating group) is 1. The van der Waals surface area contributed by atoms with Crippen LogP contribution in [0.3, 0.4) is 0 Å². The zero-order chi connectivity index (χ0) is 21.2. The molecule has 1 unspecified atom stereocenters.